The van der Waals surface area contributed by atoms with Crippen LogP contribution in [0.25, 0.3) is 10.8 Å². The first-order valence-corrected chi connectivity index (χ1v) is 8.20. The van der Waals surface area contributed by atoms with Crippen LogP contribution in [0.2, 0.25) is 0 Å². The Labute approximate surface area is 132 Å². The number of anilines is 1. The van der Waals surface area contributed by atoms with Gasteiger partial charge in [-0.05, 0) is 55.8 Å². The van der Waals surface area contributed by atoms with Gasteiger partial charge in [-0.25, -0.2) is 0 Å². The van der Waals surface area contributed by atoms with Gasteiger partial charge in [0.2, 0.25) is 5.91 Å². The number of benzene rings is 2. The lowest BCUT2D eigenvalue weighted by Gasteiger charge is -2.43. The molecule has 3 nitrogen and oxygen atoms in total. The number of nitrogens with zero attached hydrogens (tertiary/aromatic N) is 1. The van der Waals surface area contributed by atoms with E-state index in [2.05, 4.69) is 29.8 Å². The van der Waals surface area contributed by atoms with Crippen molar-refractivity contribution in [2.75, 3.05) is 10.2 Å². The molecule has 0 spiro atoms. The molecule has 21 heavy (non-hydrogen) atoms. The zero-order valence-electron chi connectivity index (χ0n) is 12.2. The largest absolute Gasteiger partial charge is 0.507 e. The SMILES string of the molecule is CC1(C)CCc2c(ccc3c(O)cccc23)N1C(=O)CBr. The molecule has 0 unspecified atom stereocenters. The lowest BCUT2D eigenvalue weighted by molar-refractivity contribution is -0.117. The molecule has 0 fully saturated rings. The molecule has 0 radical (unpaired) electrons. The maximum absolute atomic E-state index is 12.4. The predicted octanol–water partition coefficient (Wildman–Crippen LogP) is 4.00. The number of fused-ring (bicyclic) bond motifs is 3. The zero-order chi connectivity index (χ0) is 15.2. The van der Waals surface area contributed by atoms with E-state index in [1.54, 1.807) is 6.07 Å². The summed E-state index contributed by atoms with van der Waals surface area (Å²) in [5.41, 5.74) is 1.92. The number of halogens is 1. The number of aromatic hydroxyl groups is 1. The van der Waals surface area contributed by atoms with E-state index in [-0.39, 0.29) is 11.4 Å². The lowest BCUT2D eigenvalue weighted by atomic mass is 9.84. The van der Waals surface area contributed by atoms with Crippen molar-refractivity contribution < 1.29 is 9.90 Å². The summed E-state index contributed by atoms with van der Waals surface area (Å²) >= 11 is 3.28. The molecule has 3 rings (SSSR count). The summed E-state index contributed by atoms with van der Waals surface area (Å²) in [6, 6.07) is 9.43. The topological polar surface area (TPSA) is 40.5 Å². The minimum atomic E-state index is -0.192. The van der Waals surface area contributed by atoms with Crippen LogP contribution < -0.4 is 4.90 Å². The first-order valence-electron chi connectivity index (χ1n) is 7.08. The van der Waals surface area contributed by atoms with Gasteiger partial charge in [0.05, 0.1) is 5.33 Å². The second-order valence-electron chi connectivity index (χ2n) is 6.11. The third-order valence-electron chi connectivity index (χ3n) is 4.32. The number of hydrogen-bond donors (Lipinski definition) is 1. The Bertz CT molecular complexity index is 724. The highest BCUT2D eigenvalue weighted by Crippen LogP contribution is 2.41. The zero-order valence-corrected chi connectivity index (χ0v) is 13.8. The standard InChI is InChI=1S/C17H18BrNO2/c1-17(2)9-8-12-11-4-3-5-15(20)13(11)6-7-14(12)19(17)16(21)10-18/h3-7,20H,8-10H2,1-2H3. The normalized spacial score (nSPS) is 16.8. The minimum absolute atomic E-state index is 0.0699. The molecule has 1 amide bonds. The van der Waals surface area contributed by atoms with Crippen molar-refractivity contribution in [3.63, 3.8) is 0 Å². The van der Waals surface area contributed by atoms with Gasteiger partial charge in [-0.3, -0.25) is 4.79 Å². The summed E-state index contributed by atoms with van der Waals surface area (Å²) in [6.45, 7) is 4.20. The highest BCUT2D eigenvalue weighted by molar-refractivity contribution is 9.09. The van der Waals surface area contributed by atoms with Crippen LogP contribution in [-0.4, -0.2) is 21.9 Å². The Morgan fingerprint density at radius 1 is 1.29 bits per heavy atom. The van der Waals surface area contributed by atoms with Gasteiger partial charge in [0.15, 0.2) is 0 Å². The van der Waals surface area contributed by atoms with E-state index in [0.29, 0.717) is 11.1 Å². The maximum atomic E-state index is 12.4. The summed E-state index contributed by atoms with van der Waals surface area (Å²) in [5.74, 6) is 0.360. The van der Waals surface area contributed by atoms with Crippen LogP contribution in [0.15, 0.2) is 30.3 Å². The first kappa shape index (κ1) is 14.4. The molecule has 1 aliphatic rings. The average molecular weight is 348 g/mol. The van der Waals surface area contributed by atoms with Crippen LogP contribution in [0.4, 0.5) is 5.69 Å². The number of aryl methyl sites for hydroxylation is 1. The smallest absolute Gasteiger partial charge is 0.238 e. The Kier molecular flexibility index (Phi) is 3.44. The van der Waals surface area contributed by atoms with Gasteiger partial charge in [0.1, 0.15) is 5.75 Å². The van der Waals surface area contributed by atoms with Gasteiger partial charge >= 0.3 is 0 Å². The van der Waals surface area contributed by atoms with Crippen molar-refractivity contribution in [3.8, 4) is 5.75 Å². The highest BCUT2D eigenvalue weighted by atomic mass is 79.9. The molecule has 0 atom stereocenters. The third kappa shape index (κ3) is 2.22. The molecule has 1 heterocycles. The molecule has 2 aromatic rings. The van der Waals surface area contributed by atoms with Gasteiger partial charge in [0, 0.05) is 16.6 Å². The van der Waals surface area contributed by atoms with Crippen LogP contribution in [0.1, 0.15) is 25.8 Å². The van der Waals surface area contributed by atoms with E-state index in [4.69, 9.17) is 0 Å². The second-order valence-corrected chi connectivity index (χ2v) is 6.67. The summed E-state index contributed by atoms with van der Waals surface area (Å²) in [7, 11) is 0. The van der Waals surface area contributed by atoms with Crippen molar-refractivity contribution in [1.29, 1.82) is 0 Å². The van der Waals surface area contributed by atoms with E-state index in [9.17, 15) is 9.90 Å². The average Bonchev–Trinajstić information content (AvgIpc) is 2.45. The molecule has 0 bridgehead atoms. The lowest BCUT2D eigenvalue weighted by Crippen LogP contribution is -2.51. The molecular formula is C17H18BrNO2. The van der Waals surface area contributed by atoms with E-state index < -0.39 is 0 Å². The molecule has 4 heteroatoms. The molecular weight excluding hydrogens is 330 g/mol. The summed E-state index contributed by atoms with van der Waals surface area (Å²) in [4.78, 5) is 14.3. The fourth-order valence-electron chi connectivity index (χ4n) is 3.26. The van der Waals surface area contributed by atoms with Gasteiger partial charge in [-0.1, -0.05) is 28.1 Å². The van der Waals surface area contributed by atoms with E-state index >= 15 is 0 Å². The van der Waals surface area contributed by atoms with Crippen molar-refractivity contribution in [2.45, 2.75) is 32.2 Å². The quantitative estimate of drug-likeness (QED) is 0.792. The maximum Gasteiger partial charge on any atom is 0.238 e. The Morgan fingerprint density at radius 2 is 2.05 bits per heavy atom. The number of rotatable bonds is 1. The number of hydrogen-bond acceptors (Lipinski definition) is 2. The first-order chi connectivity index (χ1) is 9.95. The highest BCUT2D eigenvalue weighted by Gasteiger charge is 2.37. The van der Waals surface area contributed by atoms with Crippen LogP contribution in [0.5, 0.6) is 5.75 Å². The molecule has 0 aromatic heterocycles. The summed E-state index contributed by atoms with van der Waals surface area (Å²) < 4.78 is 0. The predicted molar refractivity (Wildman–Crippen MR) is 89.3 cm³/mol. The number of phenols is 1. The van der Waals surface area contributed by atoms with Crippen LogP contribution in [0, 0.1) is 0 Å². The third-order valence-corrected chi connectivity index (χ3v) is 4.80. The molecule has 1 aliphatic heterocycles. The van der Waals surface area contributed by atoms with Crippen molar-refractivity contribution in [1.82, 2.24) is 0 Å². The van der Waals surface area contributed by atoms with Gasteiger partial charge in [0.25, 0.3) is 0 Å². The molecule has 110 valence electrons. The van der Waals surface area contributed by atoms with E-state index in [1.807, 2.05) is 29.2 Å². The fraction of sp³-hybridized carbons (Fsp3) is 0.353. The molecule has 1 N–H and O–H groups in total. The number of alkyl halides is 1. The molecule has 2 aromatic carbocycles. The minimum Gasteiger partial charge on any atom is -0.507 e. The van der Waals surface area contributed by atoms with Crippen molar-refractivity contribution in [3.05, 3.63) is 35.9 Å². The van der Waals surface area contributed by atoms with Gasteiger partial charge in [-0.15, -0.1) is 0 Å². The number of carbonyl (C=O) groups excluding carboxylic acids is 1. The van der Waals surface area contributed by atoms with Gasteiger partial charge in [-0.2, -0.15) is 0 Å². The van der Waals surface area contributed by atoms with Gasteiger partial charge < -0.3 is 10.0 Å². The van der Waals surface area contributed by atoms with Crippen molar-refractivity contribution in [2.24, 2.45) is 0 Å². The number of carbonyl (C=O) groups is 1. The Hall–Kier alpha value is -1.55. The monoisotopic (exact) mass is 347 g/mol. The van der Waals surface area contributed by atoms with Crippen LogP contribution in [-0.2, 0) is 11.2 Å². The summed E-state index contributed by atoms with van der Waals surface area (Å²) in [5, 5.41) is 12.2. The van der Waals surface area contributed by atoms with Crippen LogP contribution >= 0.6 is 15.9 Å². The fourth-order valence-corrected chi connectivity index (χ4v) is 3.52. The van der Waals surface area contributed by atoms with E-state index in [0.717, 1.165) is 34.9 Å². The molecule has 0 saturated heterocycles. The summed E-state index contributed by atoms with van der Waals surface area (Å²) in [6.07, 6.45) is 1.82. The molecule has 0 aliphatic carbocycles. The molecule has 0 saturated carbocycles. The number of amides is 1. The van der Waals surface area contributed by atoms with Crippen molar-refractivity contribution >= 4 is 38.3 Å². The Balaban J connectivity index is 2.27. The van der Waals surface area contributed by atoms with E-state index in [1.165, 1.54) is 0 Å². The number of phenolic OH excluding ortho intramolecular Hbond substituents is 1. The van der Waals surface area contributed by atoms with Crippen LogP contribution in [0.3, 0.4) is 0 Å². The second kappa shape index (κ2) is 5.02. The Morgan fingerprint density at radius 3 is 2.76 bits per heavy atom.